The first kappa shape index (κ1) is 13.1. The molecular formula is C14H15ClN4O. The molecule has 0 aliphatic rings. The van der Waals surface area contributed by atoms with Crippen LogP contribution >= 0.6 is 11.6 Å². The van der Waals surface area contributed by atoms with Gasteiger partial charge < -0.3 is 8.98 Å². The van der Waals surface area contributed by atoms with Crippen LogP contribution < -0.4 is 0 Å². The summed E-state index contributed by atoms with van der Waals surface area (Å²) in [6.07, 6.45) is 6.85. The van der Waals surface area contributed by atoms with Gasteiger partial charge in [-0.25, -0.2) is 9.97 Å². The molecule has 0 aliphatic heterocycles. The molecule has 0 unspecified atom stereocenters. The van der Waals surface area contributed by atoms with E-state index in [0.29, 0.717) is 24.7 Å². The van der Waals surface area contributed by atoms with E-state index >= 15 is 0 Å². The summed E-state index contributed by atoms with van der Waals surface area (Å²) in [5.41, 5.74) is 1.89. The zero-order chi connectivity index (χ0) is 13.9. The van der Waals surface area contributed by atoms with Crippen molar-refractivity contribution in [3.05, 3.63) is 42.1 Å². The van der Waals surface area contributed by atoms with Crippen molar-refractivity contribution in [2.45, 2.75) is 26.3 Å². The predicted molar refractivity (Wildman–Crippen MR) is 76.9 cm³/mol. The zero-order valence-electron chi connectivity index (χ0n) is 11.2. The Balaban J connectivity index is 2.01. The highest BCUT2D eigenvalue weighted by molar-refractivity contribution is 6.17. The summed E-state index contributed by atoms with van der Waals surface area (Å²) in [5, 5.41) is 0. The molecule has 0 saturated heterocycles. The van der Waals surface area contributed by atoms with Crippen molar-refractivity contribution in [2.75, 3.05) is 5.88 Å². The van der Waals surface area contributed by atoms with Crippen LogP contribution in [0.1, 0.15) is 24.4 Å². The summed E-state index contributed by atoms with van der Waals surface area (Å²) in [6, 6.07) is 1.95. The van der Waals surface area contributed by atoms with Crippen molar-refractivity contribution in [3.8, 4) is 0 Å². The highest BCUT2D eigenvalue weighted by atomic mass is 35.5. The van der Waals surface area contributed by atoms with Crippen LogP contribution in [-0.4, -0.2) is 25.4 Å². The zero-order valence-corrected chi connectivity index (χ0v) is 12.0. The maximum Gasteiger partial charge on any atom is 0.214 e. The number of imidazole rings is 1. The second kappa shape index (κ2) is 5.63. The molecule has 0 bridgehead atoms. The van der Waals surface area contributed by atoms with E-state index in [2.05, 4.69) is 19.5 Å². The minimum Gasteiger partial charge on any atom is -0.444 e. The molecule has 5 nitrogen and oxygen atoms in total. The number of aromatic nitrogens is 4. The van der Waals surface area contributed by atoms with Crippen molar-refractivity contribution in [1.82, 2.24) is 19.5 Å². The largest absolute Gasteiger partial charge is 0.444 e. The number of rotatable bonds is 5. The molecule has 0 radical (unpaired) electrons. The summed E-state index contributed by atoms with van der Waals surface area (Å²) in [4.78, 5) is 13.0. The number of aryl methyl sites for hydroxylation is 2. The van der Waals surface area contributed by atoms with E-state index in [0.717, 1.165) is 29.0 Å². The molecule has 0 aliphatic carbocycles. The first-order chi connectivity index (χ1) is 9.81. The van der Waals surface area contributed by atoms with E-state index in [-0.39, 0.29) is 0 Å². The second-order valence-corrected chi connectivity index (χ2v) is 4.87. The van der Waals surface area contributed by atoms with Crippen LogP contribution in [0.4, 0.5) is 0 Å². The topological polar surface area (TPSA) is 56.7 Å². The number of hydrogen-bond donors (Lipinski definition) is 0. The van der Waals surface area contributed by atoms with Gasteiger partial charge in [-0.15, -0.1) is 11.6 Å². The van der Waals surface area contributed by atoms with E-state index in [1.807, 2.05) is 13.0 Å². The number of nitrogens with zero attached hydrogens (tertiary/aromatic N) is 4. The molecule has 0 fully saturated rings. The Morgan fingerprint density at radius 3 is 3.00 bits per heavy atom. The quantitative estimate of drug-likeness (QED) is 0.678. The van der Waals surface area contributed by atoms with Crippen LogP contribution in [0.2, 0.25) is 0 Å². The Morgan fingerprint density at radius 2 is 2.25 bits per heavy atom. The van der Waals surface area contributed by atoms with Crippen molar-refractivity contribution in [1.29, 1.82) is 0 Å². The fraction of sp³-hybridized carbons (Fsp3) is 0.357. The molecule has 0 aromatic carbocycles. The summed E-state index contributed by atoms with van der Waals surface area (Å²) in [7, 11) is 0. The molecule has 0 atom stereocenters. The monoisotopic (exact) mass is 290 g/mol. The Hall–Kier alpha value is -1.88. The normalized spacial score (nSPS) is 11.3. The lowest BCUT2D eigenvalue weighted by Gasteiger charge is -2.05. The molecule has 104 valence electrons. The Morgan fingerprint density at radius 1 is 1.35 bits per heavy atom. The van der Waals surface area contributed by atoms with Gasteiger partial charge in [0.05, 0.1) is 17.9 Å². The first-order valence-corrected chi connectivity index (χ1v) is 7.14. The summed E-state index contributed by atoms with van der Waals surface area (Å²) < 4.78 is 7.77. The first-order valence-electron chi connectivity index (χ1n) is 6.60. The van der Waals surface area contributed by atoms with Crippen LogP contribution in [0.5, 0.6) is 0 Å². The van der Waals surface area contributed by atoms with E-state index in [4.69, 9.17) is 16.0 Å². The molecule has 0 saturated carbocycles. The number of oxazole rings is 1. The molecule has 3 rings (SSSR count). The van der Waals surface area contributed by atoms with Gasteiger partial charge in [0.1, 0.15) is 23.6 Å². The average molecular weight is 291 g/mol. The van der Waals surface area contributed by atoms with Crippen LogP contribution in [-0.2, 0) is 19.4 Å². The number of pyridine rings is 1. The molecule has 6 heteroatoms. The highest BCUT2D eigenvalue weighted by Gasteiger charge is 2.13. The van der Waals surface area contributed by atoms with Crippen molar-refractivity contribution >= 4 is 22.6 Å². The molecule has 3 aromatic rings. The lowest BCUT2D eigenvalue weighted by molar-refractivity contribution is 0.445. The summed E-state index contributed by atoms with van der Waals surface area (Å²) >= 11 is 5.86. The smallest absolute Gasteiger partial charge is 0.214 e. The fourth-order valence-electron chi connectivity index (χ4n) is 2.20. The van der Waals surface area contributed by atoms with Crippen molar-refractivity contribution in [2.24, 2.45) is 0 Å². The summed E-state index contributed by atoms with van der Waals surface area (Å²) in [5.74, 6) is 3.04. The molecule has 3 heterocycles. The highest BCUT2D eigenvalue weighted by Crippen LogP contribution is 2.18. The molecule has 0 N–H and O–H groups in total. The Bertz CT molecular complexity index is 719. The van der Waals surface area contributed by atoms with Crippen LogP contribution in [0, 0.1) is 0 Å². The molecule has 20 heavy (non-hydrogen) atoms. The third-order valence-electron chi connectivity index (χ3n) is 3.19. The number of fused-ring (bicyclic) bond motifs is 1. The fourth-order valence-corrected chi connectivity index (χ4v) is 2.37. The van der Waals surface area contributed by atoms with Gasteiger partial charge in [-0.05, 0) is 6.07 Å². The number of hydrogen-bond acceptors (Lipinski definition) is 4. The van der Waals surface area contributed by atoms with Crippen LogP contribution in [0.15, 0.2) is 29.1 Å². The van der Waals surface area contributed by atoms with Crippen molar-refractivity contribution < 1.29 is 4.42 Å². The van der Waals surface area contributed by atoms with Gasteiger partial charge in [0, 0.05) is 24.9 Å². The standard InChI is InChI=1S/C14H15ClN4O/c1-2-10-7-17-14(20-10)9-19-12-4-6-16-8-11(12)18-13(19)3-5-15/h4,6-8H,2-3,5,9H2,1H3. The Kier molecular flexibility index (Phi) is 3.69. The van der Waals surface area contributed by atoms with Gasteiger partial charge >= 0.3 is 0 Å². The maximum atomic E-state index is 5.86. The molecule has 0 spiro atoms. The van der Waals surface area contributed by atoms with Crippen LogP contribution in [0.3, 0.4) is 0 Å². The van der Waals surface area contributed by atoms with E-state index in [1.54, 1.807) is 18.6 Å². The van der Waals surface area contributed by atoms with Gasteiger partial charge in [-0.1, -0.05) is 6.92 Å². The number of halogens is 1. The number of alkyl halides is 1. The third kappa shape index (κ3) is 2.41. The molecule has 0 amide bonds. The maximum absolute atomic E-state index is 5.86. The van der Waals surface area contributed by atoms with Crippen molar-refractivity contribution in [3.63, 3.8) is 0 Å². The second-order valence-electron chi connectivity index (χ2n) is 4.49. The minimum atomic E-state index is 0.530. The predicted octanol–water partition coefficient (Wildman–Crippen LogP) is 2.81. The Labute approximate surface area is 121 Å². The third-order valence-corrected chi connectivity index (χ3v) is 3.38. The van der Waals surface area contributed by atoms with Crippen LogP contribution in [0.25, 0.3) is 11.0 Å². The van der Waals surface area contributed by atoms with Gasteiger partial charge in [-0.3, -0.25) is 4.98 Å². The average Bonchev–Trinajstić information content (AvgIpc) is 3.05. The van der Waals surface area contributed by atoms with Gasteiger partial charge in [-0.2, -0.15) is 0 Å². The van der Waals surface area contributed by atoms with E-state index < -0.39 is 0 Å². The van der Waals surface area contributed by atoms with Gasteiger partial charge in [0.25, 0.3) is 0 Å². The van der Waals surface area contributed by atoms with Gasteiger partial charge in [0.15, 0.2) is 0 Å². The lowest BCUT2D eigenvalue weighted by Crippen LogP contribution is -2.06. The molecular weight excluding hydrogens is 276 g/mol. The van der Waals surface area contributed by atoms with Gasteiger partial charge in [0.2, 0.25) is 5.89 Å². The molecule has 3 aromatic heterocycles. The summed E-state index contributed by atoms with van der Waals surface area (Å²) in [6.45, 7) is 2.61. The SMILES string of the molecule is CCc1cnc(Cn2c(CCCl)nc3cnccc32)o1. The van der Waals surface area contributed by atoms with E-state index in [9.17, 15) is 0 Å². The minimum absolute atomic E-state index is 0.530. The lowest BCUT2D eigenvalue weighted by atomic mass is 10.4. The van der Waals surface area contributed by atoms with E-state index in [1.165, 1.54) is 0 Å².